The number of hydrogen-bond donors (Lipinski definition) is 1. The zero-order valence-electron chi connectivity index (χ0n) is 17.1. The van der Waals surface area contributed by atoms with Crippen molar-refractivity contribution in [2.24, 2.45) is 0 Å². The fourth-order valence-corrected chi connectivity index (χ4v) is 5.14. The standard InChI is InChI=1S/C23H16BClN2O4S/c1-11-5-8-16(31-11)20(28)18-19(12-3-2-4-13(24)9-12)27(22(30)21(18)29)23-26-15-7-6-14(25)10-17(15)32-23/h2-10,19,29H,24H2,1H3. The van der Waals surface area contributed by atoms with Crippen molar-refractivity contribution < 1.29 is 19.1 Å². The number of benzene rings is 2. The summed E-state index contributed by atoms with van der Waals surface area (Å²) in [6.45, 7) is 1.72. The summed E-state index contributed by atoms with van der Waals surface area (Å²) in [5.74, 6) is -1.21. The number of hydrogen-bond acceptors (Lipinski definition) is 6. The SMILES string of the molecule is Bc1cccc(C2C(C(=O)c3ccc(C)o3)=C(O)C(=O)N2c2nc3ccc(Cl)cc3s2)c1. The molecule has 32 heavy (non-hydrogen) atoms. The molecule has 9 heteroatoms. The average Bonchev–Trinajstić information content (AvgIpc) is 3.44. The molecule has 5 rings (SSSR count). The number of halogens is 1. The molecule has 1 unspecified atom stereocenters. The molecule has 0 saturated carbocycles. The number of aromatic nitrogens is 1. The first-order valence-corrected chi connectivity index (χ1v) is 11.0. The van der Waals surface area contributed by atoms with Gasteiger partial charge >= 0.3 is 0 Å². The number of aliphatic hydroxyl groups excluding tert-OH is 1. The number of anilines is 1. The molecule has 158 valence electrons. The van der Waals surface area contributed by atoms with Crippen LogP contribution in [0.4, 0.5) is 5.13 Å². The first-order chi connectivity index (χ1) is 15.3. The summed E-state index contributed by atoms with van der Waals surface area (Å²) in [5, 5.41) is 11.8. The number of fused-ring (bicyclic) bond motifs is 1. The number of nitrogens with zero attached hydrogens (tertiary/aromatic N) is 2. The normalized spacial score (nSPS) is 16.4. The number of rotatable bonds is 4. The molecule has 2 aromatic heterocycles. The van der Waals surface area contributed by atoms with Crippen LogP contribution in [0.25, 0.3) is 10.2 Å². The van der Waals surface area contributed by atoms with E-state index in [2.05, 4.69) is 4.98 Å². The van der Waals surface area contributed by atoms with Crippen molar-refractivity contribution >= 4 is 63.3 Å². The third-order valence-electron chi connectivity index (χ3n) is 5.32. The highest BCUT2D eigenvalue weighted by molar-refractivity contribution is 7.22. The average molecular weight is 463 g/mol. The van der Waals surface area contributed by atoms with Gasteiger partial charge < -0.3 is 9.52 Å². The molecule has 0 spiro atoms. The van der Waals surface area contributed by atoms with E-state index in [4.69, 9.17) is 16.0 Å². The summed E-state index contributed by atoms with van der Waals surface area (Å²) in [6.07, 6.45) is 0. The van der Waals surface area contributed by atoms with Gasteiger partial charge in [0.25, 0.3) is 5.91 Å². The first kappa shape index (κ1) is 20.5. The van der Waals surface area contributed by atoms with Gasteiger partial charge in [-0.15, -0.1) is 0 Å². The summed E-state index contributed by atoms with van der Waals surface area (Å²) in [6, 6.07) is 15.1. The predicted molar refractivity (Wildman–Crippen MR) is 127 cm³/mol. The molecule has 0 fully saturated rings. The van der Waals surface area contributed by atoms with Gasteiger partial charge in [0.05, 0.1) is 21.8 Å². The molecule has 1 amide bonds. The molecule has 0 bridgehead atoms. The Morgan fingerprint density at radius 1 is 1.22 bits per heavy atom. The van der Waals surface area contributed by atoms with Gasteiger partial charge in [-0.05, 0) is 42.8 Å². The van der Waals surface area contributed by atoms with E-state index in [1.807, 2.05) is 32.1 Å². The summed E-state index contributed by atoms with van der Waals surface area (Å²) in [7, 11) is 1.92. The van der Waals surface area contributed by atoms with E-state index in [9.17, 15) is 14.7 Å². The van der Waals surface area contributed by atoms with Crippen molar-refractivity contribution in [3.8, 4) is 0 Å². The number of ketones is 1. The largest absolute Gasteiger partial charge is 0.503 e. The maximum atomic E-state index is 13.4. The molecule has 1 N–H and O–H groups in total. The minimum atomic E-state index is -0.851. The van der Waals surface area contributed by atoms with Crippen LogP contribution < -0.4 is 10.4 Å². The second-order valence-electron chi connectivity index (χ2n) is 7.60. The van der Waals surface area contributed by atoms with Gasteiger partial charge in [-0.1, -0.05) is 52.7 Å². The quantitative estimate of drug-likeness (QED) is 0.367. The lowest BCUT2D eigenvalue weighted by atomic mass is 9.89. The van der Waals surface area contributed by atoms with Crippen LogP contribution in [0.1, 0.15) is 27.9 Å². The van der Waals surface area contributed by atoms with Crippen LogP contribution in [-0.4, -0.2) is 29.6 Å². The number of thiazole rings is 1. The van der Waals surface area contributed by atoms with Gasteiger partial charge in [0, 0.05) is 5.02 Å². The van der Waals surface area contributed by atoms with E-state index >= 15 is 0 Å². The number of aryl methyl sites for hydroxylation is 1. The molecule has 1 aliphatic heterocycles. The van der Waals surface area contributed by atoms with E-state index in [0.29, 0.717) is 27.0 Å². The van der Waals surface area contributed by atoms with Crippen LogP contribution in [-0.2, 0) is 4.79 Å². The number of Topliss-reactive ketones (excluding diaryl/α,β-unsaturated/α-hetero) is 1. The highest BCUT2D eigenvalue weighted by atomic mass is 35.5. The molecule has 1 aliphatic rings. The zero-order valence-corrected chi connectivity index (χ0v) is 18.7. The molecule has 3 heterocycles. The van der Waals surface area contributed by atoms with Crippen LogP contribution in [0.5, 0.6) is 0 Å². The summed E-state index contributed by atoms with van der Waals surface area (Å²) >= 11 is 7.38. The van der Waals surface area contributed by atoms with Crippen molar-refractivity contribution in [3.63, 3.8) is 0 Å². The minimum Gasteiger partial charge on any atom is -0.503 e. The van der Waals surface area contributed by atoms with Crippen molar-refractivity contribution in [3.05, 3.63) is 88.0 Å². The predicted octanol–water partition coefficient (Wildman–Crippen LogP) is 3.89. The fraction of sp³-hybridized carbons (Fsp3) is 0.0870. The maximum Gasteiger partial charge on any atom is 0.296 e. The third kappa shape index (κ3) is 3.32. The monoisotopic (exact) mass is 462 g/mol. The number of furan rings is 1. The smallest absolute Gasteiger partial charge is 0.296 e. The fourth-order valence-electron chi connectivity index (χ4n) is 3.87. The highest BCUT2D eigenvalue weighted by Gasteiger charge is 2.46. The van der Waals surface area contributed by atoms with Gasteiger partial charge in [-0.25, -0.2) is 4.98 Å². The zero-order chi connectivity index (χ0) is 22.6. The van der Waals surface area contributed by atoms with Crippen molar-refractivity contribution in [1.82, 2.24) is 4.98 Å². The van der Waals surface area contributed by atoms with Gasteiger partial charge in [0.15, 0.2) is 16.7 Å². The van der Waals surface area contributed by atoms with Crippen molar-refractivity contribution in [1.29, 1.82) is 0 Å². The molecule has 0 aliphatic carbocycles. The number of amides is 1. The van der Waals surface area contributed by atoms with E-state index in [1.165, 1.54) is 22.3 Å². The first-order valence-electron chi connectivity index (χ1n) is 9.84. The van der Waals surface area contributed by atoms with Gasteiger partial charge in [-0.2, -0.15) is 0 Å². The summed E-state index contributed by atoms with van der Waals surface area (Å²) in [4.78, 5) is 32.5. The van der Waals surface area contributed by atoms with Gasteiger partial charge in [-0.3, -0.25) is 14.5 Å². The molecule has 2 aromatic carbocycles. The molecule has 1 atom stereocenters. The number of aliphatic hydroxyl groups is 1. The summed E-state index contributed by atoms with van der Waals surface area (Å²) < 4.78 is 6.29. The van der Waals surface area contributed by atoms with Crippen molar-refractivity contribution in [2.45, 2.75) is 13.0 Å². The van der Waals surface area contributed by atoms with Crippen LogP contribution in [0.15, 0.2) is 70.3 Å². The lowest BCUT2D eigenvalue weighted by Crippen LogP contribution is -2.31. The Kier molecular flexibility index (Phi) is 4.91. The van der Waals surface area contributed by atoms with Crippen LogP contribution in [0.2, 0.25) is 5.02 Å². The van der Waals surface area contributed by atoms with E-state index in [1.54, 1.807) is 31.2 Å². The Hall–Kier alpha value is -3.36. The lowest BCUT2D eigenvalue weighted by molar-refractivity contribution is -0.117. The Morgan fingerprint density at radius 2 is 2.03 bits per heavy atom. The maximum absolute atomic E-state index is 13.4. The van der Waals surface area contributed by atoms with Crippen LogP contribution in [0, 0.1) is 6.92 Å². The Balaban J connectivity index is 1.69. The Labute approximate surface area is 193 Å². The molecule has 6 nitrogen and oxygen atoms in total. The minimum absolute atomic E-state index is 0.0350. The van der Waals surface area contributed by atoms with Crippen LogP contribution in [0.3, 0.4) is 0 Å². The van der Waals surface area contributed by atoms with E-state index < -0.39 is 23.5 Å². The van der Waals surface area contributed by atoms with Crippen molar-refractivity contribution in [2.75, 3.05) is 4.90 Å². The number of carbonyl (C=O) groups is 2. The lowest BCUT2D eigenvalue weighted by Gasteiger charge is -2.24. The summed E-state index contributed by atoms with van der Waals surface area (Å²) in [5.41, 5.74) is 2.28. The second-order valence-corrected chi connectivity index (χ2v) is 9.05. The Morgan fingerprint density at radius 3 is 2.75 bits per heavy atom. The van der Waals surface area contributed by atoms with E-state index in [-0.39, 0.29) is 11.3 Å². The topological polar surface area (TPSA) is 83.6 Å². The van der Waals surface area contributed by atoms with Gasteiger partial charge in [0.2, 0.25) is 5.78 Å². The molecular weight excluding hydrogens is 447 g/mol. The van der Waals surface area contributed by atoms with Gasteiger partial charge in [0.1, 0.15) is 13.6 Å². The van der Waals surface area contributed by atoms with Crippen LogP contribution >= 0.6 is 22.9 Å². The number of carbonyl (C=O) groups excluding carboxylic acids is 2. The van der Waals surface area contributed by atoms with E-state index in [0.717, 1.165) is 10.2 Å². The molecule has 4 aromatic rings. The third-order valence-corrected chi connectivity index (χ3v) is 6.57. The second kappa shape index (κ2) is 7.65. The molecular formula is C23H16BClN2O4S. The molecule has 0 radical (unpaired) electrons. The Bertz CT molecular complexity index is 1440. The molecule has 0 saturated heterocycles. The highest BCUT2D eigenvalue weighted by Crippen LogP contribution is 2.44.